The first-order chi connectivity index (χ1) is 14.5. The Kier molecular flexibility index (Phi) is 4.45. The van der Waals surface area contributed by atoms with Gasteiger partial charge in [0.25, 0.3) is 0 Å². The second-order valence-corrected chi connectivity index (χ2v) is 8.42. The number of anilines is 2. The van der Waals surface area contributed by atoms with Crippen LogP contribution < -0.4 is 21.2 Å². The Balaban J connectivity index is 1.60. The Morgan fingerprint density at radius 1 is 1.37 bits per heavy atom. The molecule has 1 fully saturated rings. The maximum absolute atomic E-state index is 15.3. The van der Waals surface area contributed by atoms with E-state index < -0.39 is 5.82 Å². The van der Waals surface area contributed by atoms with E-state index in [1.165, 1.54) is 0 Å². The van der Waals surface area contributed by atoms with Crippen molar-refractivity contribution in [3.05, 3.63) is 46.5 Å². The summed E-state index contributed by atoms with van der Waals surface area (Å²) in [6.45, 7) is 3.55. The van der Waals surface area contributed by atoms with Gasteiger partial charge in [0.1, 0.15) is 5.69 Å². The van der Waals surface area contributed by atoms with E-state index in [1.54, 1.807) is 19.4 Å². The van der Waals surface area contributed by atoms with Gasteiger partial charge in [-0.2, -0.15) is 0 Å². The molecule has 0 radical (unpaired) electrons. The van der Waals surface area contributed by atoms with E-state index in [2.05, 4.69) is 14.9 Å². The molecule has 3 aromatic rings. The van der Waals surface area contributed by atoms with Crippen LogP contribution in [0.5, 0.6) is 5.75 Å². The van der Waals surface area contributed by atoms with Crippen LogP contribution >= 0.6 is 0 Å². The van der Waals surface area contributed by atoms with E-state index in [9.17, 15) is 4.79 Å². The summed E-state index contributed by atoms with van der Waals surface area (Å²) in [6, 6.07) is 0. The number of nitrogen functional groups attached to an aromatic ring is 1. The van der Waals surface area contributed by atoms with Crippen LogP contribution in [-0.4, -0.2) is 27.3 Å². The van der Waals surface area contributed by atoms with Gasteiger partial charge in [-0.25, -0.2) is 9.37 Å². The number of fused-ring (bicyclic) bond motifs is 1. The Morgan fingerprint density at radius 2 is 2.20 bits per heavy atom. The van der Waals surface area contributed by atoms with E-state index in [0.29, 0.717) is 30.0 Å². The van der Waals surface area contributed by atoms with E-state index in [1.807, 2.05) is 17.0 Å². The highest BCUT2D eigenvalue weighted by Crippen LogP contribution is 2.49. The molecule has 0 unspecified atom stereocenters. The van der Waals surface area contributed by atoms with Gasteiger partial charge in [-0.15, -0.1) is 0 Å². The average molecular weight is 411 g/mol. The van der Waals surface area contributed by atoms with Gasteiger partial charge in [-0.05, 0) is 32.6 Å². The summed E-state index contributed by atoms with van der Waals surface area (Å²) in [7, 11) is 0. The highest BCUT2D eigenvalue weighted by molar-refractivity contribution is 6.00. The third-order valence-corrected chi connectivity index (χ3v) is 6.62. The SMILES string of the molecule is Cc1cn2c3c(c(NCCCn4ccnc4)c(F)c(N)c3c1=O)OCCC21CCC1. The largest absolute Gasteiger partial charge is 0.489 e. The molecular formula is C22H26FN5O2. The van der Waals surface area contributed by atoms with Crippen LogP contribution in [0, 0.1) is 12.7 Å². The summed E-state index contributed by atoms with van der Waals surface area (Å²) in [5, 5.41) is 3.42. The molecule has 0 bridgehead atoms. The summed E-state index contributed by atoms with van der Waals surface area (Å²) in [5.41, 5.74) is 7.23. The zero-order valence-corrected chi connectivity index (χ0v) is 17.1. The van der Waals surface area contributed by atoms with Gasteiger partial charge in [0.2, 0.25) is 0 Å². The number of nitrogens with one attached hydrogen (secondary N) is 1. The molecule has 2 aliphatic rings. The van der Waals surface area contributed by atoms with Crippen LogP contribution in [0.1, 0.15) is 37.7 Å². The van der Waals surface area contributed by atoms with E-state index >= 15 is 4.39 Å². The monoisotopic (exact) mass is 411 g/mol. The van der Waals surface area contributed by atoms with Gasteiger partial charge in [0.05, 0.1) is 29.5 Å². The predicted molar refractivity (Wildman–Crippen MR) is 115 cm³/mol. The normalized spacial score (nSPS) is 16.9. The van der Waals surface area contributed by atoms with Crippen molar-refractivity contribution in [2.24, 2.45) is 0 Å². The standard InChI is InChI=1S/C22H26FN5O2/c1-14-12-28-19-15(20(14)29)17(24)16(23)18(26-7-3-9-27-10-8-25-13-27)21(19)30-11-6-22(28)4-2-5-22/h8,10,12-13,26H,2-7,9,11,24H2,1H3. The predicted octanol–water partition coefficient (Wildman–Crippen LogP) is 3.39. The maximum Gasteiger partial charge on any atom is 0.194 e. The minimum absolute atomic E-state index is 0.0785. The molecule has 3 N–H and O–H groups in total. The van der Waals surface area contributed by atoms with Gasteiger partial charge < -0.3 is 24.9 Å². The molecule has 1 saturated carbocycles. The van der Waals surface area contributed by atoms with Gasteiger partial charge in [-0.1, -0.05) is 0 Å². The van der Waals surface area contributed by atoms with Crippen LogP contribution in [0.4, 0.5) is 15.8 Å². The lowest BCUT2D eigenvalue weighted by atomic mass is 9.74. The lowest BCUT2D eigenvalue weighted by Crippen LogP contribution is -2.41. The fourth-order valence-electron chi connectivity index (χ4n) is 4.78. The van der Waals surface area contributed by atoms with Crippen molar-refractivity contribution in [2.75, 3.05) is 24.2 Å². The van der Waals surface area contributed by atoms with Crippen molar-refractivity contribution in [3.8, 4) is 5.75 Å². The van der Waals surface area contributed by atoms with Crippen molar-refractivity contribution < 1.29 is 9.13 Å². The summed E-state index contributed by atoms with van der Waals surface area (Å²) in [4.78, 5) is 17.0. The summed E-state index contributed by atoms with van der Waals surface area (Å²) in [5.74, 6) is -0.209. The zero-order chi connectivity index (χ0) is 20.9. The van der Waals surface area contributed by atoms with Crippen molar-refractivity contribution >= 4 is 22.3 Å². The number of pyridine rings is 1. The molecule has 0 saturated heterocycles. The molecule has 30 heavy (non-hydrogen) atoms. The molecular weight excluding hydrogens is 385 g/mol. The number of ether oxygens (including phenoxy) is 1. The Bertz CT molecular complexity index is 1160. The smallest absolute Gasteiger partial charge is 0.194 e. The third-order valence-electron chi connectivity index (χ3n) is 6.62. The second-order valence-electron chi connectivity index (χ2n) is 8.42. The van der Waals surface area contributed by atoms with Gasteiger partial charge in [0, 0.05) is 49.2 Å². The highest BCUT2D eigenvalue weighted by Gasteiger charge is 2.42. The summed E-state index contributed by atoms with van der Waals surface area (Å²) < 4.78 is 25.5. The number of hydrogen-bond acceptors (Lipinski definition) is 5. The zero-order valence-electron chi connectivity index (χ0n) is 17.1. The average Bonchev–Trinajstić information content (AvgIpc) is 3.15. The molecule has 7 nitrogen and oxygen atoms in total. The van der Waals surface area contributed by atoms with E-state index in [-0.39, 0.29) is 27.7 Å². The number of nitrogens with zero attached hydrogens (tertiary/aromatic N) is 3. The Labute approximate surface area is 173 Å². The van der Waals surface area contributed by atoms with Crippen molar-refractivity contribution in [2.45, 2.75) is 51.1 Å². The maximum atomic E-state index is 15.3. The fraction of sp³-hybridized carbons (Fsp3) is 0.455. The summed E-state index contributed by atoms with van der Waals surface area (Å²) >= 11 is 0. The van der Waals surface area contributed by atoms with E-state index in [0.717, 1.165) is 38.6 Å². The van der Waals surface area contributed by atoms with Crippen molar-refractivity contribution in [1.82, 2.24) is 14.1 Å². The second kappa shape index (κ2) is 7.04. The lowest BCUT2D eigenvalue weighted by Gasteiger charge is -2.44. The van der Waals surface area contributed by atoms with Gasteiger partial charge in [-0.3, -0.25) is 4.79 Å². The molecule has 8 heteroatoms. The first-order valence-electron chi connectivity index (χ1n) is 10.5. The summed E-state index contributed by atoms with van der Waals surface area (Å²) in [6.07, 6.45) is 12.1. The van der Waals surface area contributed by atoms with Crippen LogP contribution in [0.3, 0.4) is 0 Å². The van der Waals surface area contributed by atoms with Crippen LogP contribution in [0.25, 0.3) is 10.9 Å². The molecule has 1 aliphatic carbocycles. The Hall–Kier alpha value is -3.03. The fourth-order valence-corrected chi connectivity index (χ4v) is 4.78. The first-order valence-corrected chi connectivity index (χ1v) is 10.5. The minimum atomic E-state index is -0.612. The number of halogens is 1. The lowest BCUT2D eigenvalue weighted by molar-refractivity contribution is 0.117. The van der Waals surface area contributed by atoms with Crippen LogP contribution in [-0.2, 0) is 12.1 Å². The number of benzene rings is 1. The molecule has 1 aliphatic heterocycles. The van der Waals surface area contributed by atoms with E-state index in [4.69, 9.17) is 10.5 Å². The molecule has 3 heterocycles. The molecule has 1 aromatic carbocycles. The molecule has 5 rings (SSSR count). The number of aryl methyl sites for hydroxylation is 2. The molecule has 0 amide bonds. The number of aromatic nitrogens is 3. The minimum Gasteiger partial charge on any atom is -0.489 e. The van der Waals surface area contributed by atoms with Crippen molar-refractivity contribution in [1.29, 1.82) is 0 Å². The third kappa shape index (κ3) is 2.77. The highest BCUT2D eigenvalue weighted by atomic mass is 19.1. The number of imidazole rings is 1. The number of nitrogens with two attached hydrogens (primary N) is 1. The number of hydrogen-bond donors (Lipinski definition) is 2. The quantitative estimate of drug-likeness (QED) is 0.496. The topological polar surface area (TPSA) is 87.1 Å². The Morgan fingerprint density at radius 3 is 2.90 bits per heavy atom. The number of rotatable bonds is 5. The molecule has 158 valence electrons. The molecule has 2 aromatic heterocycles. The van der Waals surface area contributed by atoms with Crippen LogP contribution in [0.2, 0.25) is 0 Å². The van der Waals surface area contributed by atoms with Gasteiger partial charge >= 0.3 is 0 Å². The molecule has 1 spiro atoms. The van der Waals surface area contributed by atoms with Gasteiger partial charge in [0.15, 0.2) is 17.0 Å². The molecule has 0 atom stereocenters. The van der Waals surface area contributed by atoms with Crippen LogP contribution in [0.15, 0.2) is 29.7 Å². The van der Waals surface area contributed by atoms with Crippen molar-refractivity contribution in [3.63, 3.8) is 0 Å². The first kappa shape index (κ1) is 19.0.